The number of benzene rings is 1. The fourth-order valence-corrected chi connectivity index (χ4v) is 1.96. The summed E-state index contributed by atoms with van der Waals surface area (Å²) in [7, 11) is 1.83. The molecule has 19 heavy (non-hydrogen) atoms. The van der Waals surface area contributed by atoms with Gasteiger partial charge in [-0.05, 0) is 36.8 Å². The summed E-state index contributed by atoms with van der Waals surface area (Å²) in [6.07, 6.45) is 1.64. The van der Waals surface area contributed by atoms with Crippen LogP contribution in [0, 0.1) is 5.82 Å². The van der Waals surface area contributed by atoms with Gasteiger partial charge in [0.15, 0.2) is 5.78 Å². The third kappa shape index (κ3) is 3.16. The van der Waals surface area contributed by atoms with Crippen LogP contribution < -0.4 is 4.90 Å². The van der Waals surface area contributed by atoms with Gasteiger partial charge in [-0.3, -0.25) is 4.79 Å². The third-order valence-corrected chi connectivity index (χ3v) is 2.84. The summed E-state index contributed by atoms with van der Waals surface area (Å²) in [6, 6.07) is 9.87. The van der Waals surface area contributed by atoms with E-state index in [2.05, 4.69) is 4.98 Å². The highest BCUT2D eigenvalue weighted by Gasteiger charge is 2.12. The molecule has 4 heteroatoms. The van der Waals surface area contributed by atoms with E-state index in [-0.39, 0.29) is 11.6 Å². The molecule has 0 atom stereocenters. The average molecular weight is 258 g/mol. The van der Waals surface area contributed by atoms with Crippen molar-refractivity contribution in [2.75, 3.05) is 11.9 Å². The second-order valence-electron chi connectivity index (χ2n) is 4.42. The third-order valence-electron chi connectivity index (χ3n) is 2.84. The lowest BCUT2D eigenvalue weighted by atomic mass is 10.1. The highest BCUT2D eigenvalue weighted by Crippen LogP contribution is 2.18. The number of nitrogens with zero attached hydrogens (tertiary/aromatic N) is 2. The molecule has 1 aromatic heterocycles. The molecule has 98 valence electrons. The molecule has 2 aromatic rings. The van der Waals surface area contributed by atoms with Crippen LogP contribution in [-0.4, -0.2) is 17.8 Å². The van der Waals surface area contributed by atoms with Gasteiger partial charge in [-0.15, -0.1) is 0 Å². The molecule has 0 radical (unpaired) electrons. The summed E-state index contributed by atoms with van der Waals surface area (Å²) in [5.74, 6) is 0.312. The zero-order chi connectivity index (χ0) is 13.8. The van der Waals surface area contributed by atoms with Gasteiger partial charge >= 0.3 is 0 Å². The molecule has 0 saturated carbocycles. The summed E-state index contributed by atoms with van der Waals surface area (Å²) in [4.78, 5) is 17.6. The molecule has 0 saturated heterocycles. The zero-order valence-corrected chi connectivity index (χ0v) is 10.9. The lowest BCUT2D eigenvalue weighted by Crippen LogP contribution is -2.20. The van der Waals surface area contributed by atoms with Crippen molar-refractivity contribution in [3.63, 3.8) is 0 Å². The van der Waals surface area contributed by atoms with E-state index in [0.29, 0.717) is 17.9 Å². The number of Topliss-reactive ketones (excluding diaryl/α,β-unsaturated/α-hetero) is 1. The van der Waals surface area contributed by atoms with E-state index >= 15 is 0 Å². The Hall–Kier alpha value is -2.23. The summed E-state index contributed by atoms with van der Waals surface area (Å²) in [6.45, 7) is 2.01. The molecule has 1 heterocycles. The minimum absolute atomic E-state index is 0.0332. The van der Waals surface area contributed by atoms with Gasteiger partial charge in [0.1, 0.15) is 11.6 Å². The molecule has 0 unspecified atom stereocenters. The Balaban J connectivity index is 2.25. The number of aromatic nitrogens is 1. The maximum Gasteiger partial charge on any atom is 0.163 e. The summed E-state index contributed by atoms with van der Waals surface area (Å²) in [5.41, 5.74) is 1.41. The van der Waals surface area contributed by atoms with Crippen molar-refractivity contribution >= 4 is 11.6 Å². The summed E-state index contributed by atoms with van der Waals surface area (Å²) in [5, 5.41) is 0. The molecule has 3 nitrogen and oxygen atoms in total. The molecule has 0 aliphatic rings. The summed E-state index contributed by atoms with van der Waals surface area (Å²) >= 11 is 0. The van der Waals surface area contributed by atoms with Crippen LogP contribution in [0.1, 0.15) is 22.8 Å². The number of carbonyl (C=O) groups is 1. The summed E-state index contributed by atoms with van der Waals surface area (Å²) < 4.78 is 13.1. The zero-order valence-electron chi connectivity index (χ0n) is 10.9. The quantitative estimate of drug-likeness (QED) is 0.790. The van der Waals surface area contributed by atoms with Gasteiger partial charge < -0.3 is 4.90 Å². The lowest BCUT2D eigenvalue weighted by Gasteiger charge is -2.20. The van der Waals surface area contributed by atoms with Crippen molar-refractivity contribution in [1.29, 1.82) is 0 Å². The number of anilines is 1. The van der Waals surface area contributed by atoms with Crippen LogP contribution in [0.25, 0.3) is 0 Å². The van der Waals surface area contributed by atoms with Gasteiger partial charge in [0, 0.05) is 19.8 Å². The number of hydrogen-bond donors (Lipinski definition) is 0. The predicted octanol–water partition coefficient (Wildman–Crippen LogP) is 3.06. The highest BCUT2D eigenvalue weighted by atomic mass is 19.1. The number of ketones is 1. The molecular weight excluding hydrogens is 243 g/mol. The lowest BCUT2D eigenvalue weighted by molar-refractivity contribution is 0.101. The largest absolute Gasteiger partial charge is 0.355 e. The van der Waals surface area contributed by atoms with Crippen molar-refractivity contribution in [1.82, 2.24) is 4.98 Å². The SMILES string of the molecule is CC(=O)c1cccnc1N(C)Cc1cccc(F)c1. The Labute approximate surface area is 111 Å². The molecule has 1 aromatic carbocycles. The molecule has 0 spiro atoms. The topological polar surface area (TPSA) is 33.2 Å². The van der Waals surface area contributed by atoms with E-state index in [1.165, 1.54) is 19.1 Å². The fraction of sp³-hybridized carbons (Fsp3) is 0.200. The van der Waals surface area contributed by atoms with E-state index < -0.39 is 0 Å². The van der Waals surface area contributed by atoms with Gasteiger partial charge in [-0.2, -0.15) is 0 Å². The van der Waals surface area contributed by atoms with Gasteiger partial charge in [-0.1, -0.05) is 12.1 Å². The van der Waals surface area contributed by atoms with Crippen LogP contribution in [0.4, 0.5) is 10.2 Å². The number of carbonyl (C=O) groups excluding carboxylic acids is 1. The Bertz CT molecular complexity index is 598. The smallest absolute Gasteiger partial charge is 0.163 e. The molecule has 0 amide bonds. The minimum Gasteiger partial charge on any atom is -0.355 e. The monoisotopic (exact) mass is 258 g/mol. The van der Waals surface area contributed by atoms with Crippen molar-refractivity contribution in [3.8, 4) is 0 Å². The number of halogens is 1. The first-order valence-corrected chi connectivity index (χ1v) is 5.99. The average Bonchev–Trinajstić information content (AvgIpc) is 2.38. The van der Waals surface area contributed by atoms with Crippen molar-refractivity contribution < 1.29 is 9.18 Å². The Morgan fingerprint density at radius 3 is 2.79 bits per heavy atom. The van der Waals surface area contributed by atoms with E-state index in [9.17, 15) is 9.18 Å². The fourth-order valence-electron chi connectivity index (χ4n) is 1.96. The van der Waals surface area contributed by atoms with E-state index in [0.717, 1.165) is 5.56 Å². The number of pyridine rings is 1. The van der Waals surface area contributed by atoms with Crippen LogP contribution >= 0.6 is 0 Å². The maximum atomic E-state index is 13.1. The van der Waals surface area contributed by atoms with E-state index in [1.807, 2.05) is 18.0 Å². The van der Waals surface area contributed by atoms with Gasteiger partial charge in [0.05, 0.1) is 5.56 Å². The Morgan fingerprint density at radius 2 is 2.11 bits per heavy atom. The molecule has 0 fully saturated rings. The first-order chi connectivity index (χ1) is 9.08. The Morgan fingerprint density at radius 1 is 1.32 bits per heavy atom. The van der Waals surface area contributed by atoms with Gasteiger partial charge in [0.2, 0.25) is 0 Å². The van der Waals surface area contributed by atoms with E-state index in [1.54, 1.807) is 24.4 Å². The predicted molar refractivity (Wildman–Crippen MR) is 72.7 cm³/mol. The number of rotatable bonds is 4. The second kappa shape index (κ2) is 5.61. The second-order valence-corrected chi connectivity index (χ2v) is 4.42. The molecule has 2 rings (SSSR count). The molecule has 0 aliphatic carbocycles. The highest BCUT2D eigenvalue weighted by molar-refractivity contribution is 5.98. The van der Waals surface area contributed by atoms with Crippen molar-refractivity contribution in [3.05, 3.63) is 59.5 Å². The standard InChI is InChI=1S/C15H15FN2O/c1-11(19)14-7-4-8-17-15(14)18(2)10-12-5-3-6-13(16)9-12/h3-9H,10H2,1-2H3. The first-order valence-electron chi connectivity index (χ1n) is 5.99. The van der Waals surface area contributed by atoms with Crippen LogP contribution in [0.15, 0.2) is 42.6 Å². The van der Waals surface area contributed by atoms with Crippen molar-refractivity contribution in [2.45, 2.75) is 13.5 Å². The molecule has 0 aliphatic heterocycles. The number of hydrogen-bond acceptors (Lipinski definition) is 3. The van der Waals surface area contributed by atoms with E-state index in [4.69, 9.17) is 0 Å². The first kappa shape index (κ1) is 13.2. The molecular formula is C15H15FN2O. The van der Waals surface area contributed by atoms with Crippen LogP contribution in [0.5, 0.6) is 0 Å². The van der Waals surface area contributed by atoms with Crippen LogP contribution in [-0.2, 0) is 6.54 Å². The van der Waals surface area contributed by atoms with Gasteiger partial charge in [0.25, 0.3) is 0 Å². The Kier molecular flexibility index (Phi) is 3.90. The van der Waals surface area contributed by atoms with Crippen molar-refractivity contribution in [2.24, 2.45) is 0 Å². The van der Waals surface area contributed by atoms with Gasteiger partial charge in [-0.25, -0.2) is 9.37 Å². The van der Waals surface area contributed by atoms with Crippen LogP contribution in [0.3, 0.4) is 0 Å². The molecule has 0 N–H and O–H groups in total. The molecule has 0 bridgehead atoms. The maximum absolute atomic E-state index is 13.1. The normalized spacial score (nSPS) is 10.3. The van der Waals surface area contributed by atoms with Crippen LogP contribution in [0.2, 0.25) is 0 Å². The minimum atomic E-state index is -0.265.